The highest BCUT2D eigenvalue weighted by atomic mass is 16.4. The largest absolute Gasteiger partial charge is 0.481 e. The first-order chi connectivity index (χ1) is 9.93. The molecule has 2 N–H and O–H groups in total. The molecule has 1 aromatic rings. The van der Waals surface area contributed by atoms with E-state index in [0.29, 0.717) is 24.5 Å². The Morgan fingerprint density at radius 1 is 1.62 bits per heavy atom. The van der Waals surface area contributed by atoms with Crippen molar-refractivity contribution in [3.05, 3.63) is 22.9 Å². The molecule has 1 atom stereocenters. The van der Waals surface area contributed by atoms with E-state index in [0.717, 1.165) is 11.3 Å². The average molecular weight is 288 g/mol. The maximum Gasteiger partial charge on any atom is 0.305 e. The smallest absolute Gasteiger partial charge is 0.305 e. The Labute approximate surface area is 122 Å². The number of carboxylic acids is 1. The SMILES string of the molecule is Cc1cc(C)c(C#N)c(N2CCNC(=O)C2CC(=O)O)n1. The number of nitrogens with one attached hydrogen (secondary N) is 1. The van der Waals surface area contributed by atoms with Gasteiger partial charge in [0.25, 0.3) is 0 Å². The summed E-state index contributed by atoms with van der Waals surface area (Å²) in [5.41, 5.74) is 1.87. The Kier molecular flexibility index (Phi) is 4.08. The van der Waals surface area contributed by atoms with Gasteiger partial charge in [-0.2, -0.15) is 5.26 Å². The van der Waals surface area contributed by atoms with Crippen molar-refractivity contribution in [3.63, 3.8) is 0 Å². The third-order valence-corrected chi connectivity index (χ3v) is 3.41. The van der Waals surface area contributed by atoms with Crippen LogP contribution in [0.5, 0.6) is 0 Å². The molecule has 0 aromatic carbocycles. The van der Waals surface area contributed by atoms with E-state index in [4.69, 9.17) is 5.11 Å². The Morgan fingerprint density at radius 2 is 2.33 bits per heavy atom. The van der Waals surface area contributed by atoms with Gasteiger partial charge in [-0.05, 0) is 25.5 Å². The fourth-order valence-electron chi connectivity index (χ4n) is 2.50. The zero-order chi connectivity index (χ0) is 15.6. The van der Waals surface area contributed by atoms with Crippen molar-refractivity contribution in [1.82, 2.24) is 10.3 Å². The number of carboxylic acid groups (broad SMARTS) is 1. The van der Waals surface area contributed by atoms with Crippen LogP contribution < -0.4 is 10.2 Å². The van der Waals surface area contributed by atoms with Crippen molar-refractivity contribution >= 4 is 17.7 Å². The molecule has 1 fully saturated rings. The molecule has 0 spiro atoms. The molecule has 0 saturated carbocycles. The number of aliphatic carboxylic acids is 1. The molecule has 0 radical (unpaired) electrons. The lowest BCUT2D eigenvalue weighted by Gasteiger charge is -2.35. The monoisotopic (exact) mass is 288 g/mol. The summed E-state index contributed by atoms with van der Waals surface area (Å²) in [6.07, 6.45) is -0.328. The summed E-state index contributed by atoms with van der Waals surface area (Å²) < 4.78 is 0. The zero-order valence-corrected chi connectivity index (χ0v) is 11.9. The maximum absolute atomic E-state index is 12.0. The van der Waals surface area contributed by atoms with Gasteiger partial charge in [0.1, 0.15) is 17.9 Å². The fraction of sp³-hybridized carbons (Fsp3) is 0.429. The highest BCUT2D eigenvalue weighted by Crippen LogP contribution is 2.25. The number of pyridine rings is 1. The predicted molar refractivity (Wildman–Crippen MR) is 74.8 cm³/mol. The molecule has 110 valence electrons. The van der Waals surface area contributed by atoms with E-state index in [9.17, 15) is 14.9 Å². The Bertz CT molecular complexity index is 636. The summed E-state index contributed by atoms with van der Waals surface area (Å²) in [4.78, 5) is 28.9. The van der Waals surface area contributed by atoms with Gasteiger partial charge >= 0.3 is 5.97 Å². The lowest BCUT2D eigenvalue weighted by Crippen LogP contribution is -2.56. The summed E-state index contributed by atoms with van der Waals surface area (Å²) in [5, 5.41) is 21.0. The Balaban J connectivity index is 2.49. The van der Waals surface area contributed by atoms with Crippen LogP contribution in [-0.2, 0) is 9.59 Å². The van der Waals surface area contributed by atoms with Crippen LogP contribution in [0.2, 0.25) is 0 Å². The molecule has 1 aliphatic heterocycles. The Morgan fingerprint density at radius 3 is 2.95 bits per heavy atom. The van der Waals surface area contributed by atoms with Gasteiger partial charge in [0, 0.05) is 18.8 Å². The Hall–Kier alpha value is -2.62. The molecule has 1 aromatic heterocycles. The molecule has 7 nitrogen and oxygen atoms in total. The summed E-state index contributed by atoms with van der Waals surface area (Å²) in [6.45, 7) is 4.42. The number of carbonyl (C=O) groups excluding carboxylic acids is 1. The lowest BCUT2D eigenvalue weighted by molar-refractivity contribution is -0.139. The second-order valence-corrected chi connectivity index (χ2v) is 4.99. The topological polar surface area (TPSA) is 106 Å². The van der Waals surface area contributed by atoms with Crippen LogP contribution in [0.1, 0.15) is 23.2 Å². The number of anilines is 1. The standard InChI is InChI=1S/C14H16N4O3/c1-8-5-9(2)17-13(10(8)7-15)18-4-3-16-14(21)11(18)6-12(19)20/h5,11H,3-4,6H2,1-2H3,(H,16,21)(H,19,20). The van der Waals surface area contributed by atoms with Gasteiger partial charge in [-0.15, -0.1) is 0 Å². The predicted octanol–water partition coefficient (Wildman–Crippen LogP) is 0.350. The van der Waals surface area contributed by atoms with Gasteiger partial charge in [0.15, 0.2) is 0 Å². The van der Waals surface area contributed by atoms with Gasteiger partial charge in [0.05, 0.1) is 12.0 Å². The molecule has 7 heteroatoms. The molecule has 21 heavy (non-hydrogen) atoms. The van der Waals surface area contributed by atoms with E-state index < -0.39 is 12.0 Å². The van der Waals surface area contributed by atoms with Crippen LogP contribution >= 0.6 is 0 Å². The minimum atomic E-state index is -1.06. The fourth-order valence-corrected chi connectivity index (χ4v) is 2.50. The molecule has 1 amide bonds. The number of nitriles is 1. The number of hydrogen-bond acceptors (Lipinski definition) is 5. The molecule has 0 aliphatic carbocycles. The van der Waals surface area contributed by atoms with E-state index in [1.54, 1.807) is 24.8 Å². The van der Waals surface area contributed by atoms with Gasteiger partial charge in [-0.25, -0.2) is 4.98 Å². The van der Waals surface area contributed by atoms with Crippen LogP contribution in [0.4, 0.5) is 5.82 Å². The van der Waals surface area contributed by atoms with Gasteiger partial charge in [0.2, 0.25) is 5.91 Å². The van der Waals surface area contributed by atoms with Crippen LogP contribution in [-0.4, -0.2) is 41.1 Å². The van der Waals surface area contributed by atoms with E-state index >= 15 is 0 Å². The number of carbonyl (C=O) groups is 2. The number of aromatic nitrogens is 1. The number of rotatable bonds is 3. The minimum Gasteiger partial charge on any atom is -0.481 e. The summed E-state index contributed by atoms with van der Waals surface area (Å²) in [5.74, 6) is -1.03. The van der Waals surface area contributed by atoms with Crippen molar-refractivity contribution in [2.24, 2.45) is 0 Å². The average Bonchev–Trinajstić information content (AvgIpc) is 2.40. The first kappa shape index (κ1) is 14.8. The third-order valence-electron chi connectivity index (χ3n) is 3.41. The highest BCUT2D eigenvalue weighted by molar-refractivity contribution is 5.90. The van der Waals surface area contributed by atoms with Gasteiger partial charge in [-0.1, -0.05) is 0 Å². The van der Waals surface area contributed by atoms with Crippen LogP contribution in [0.3, 0.4) is 0 Å². The molecule has 2 rings (SSSR count). The summed E-state index contributed by atoms with van der Waals surface area (Å²) in [7, 11) is 0. The molecule has 0 bridgehead atoms. The first-order valence-corrected chi connectivity index (χ1v) is 6.58. The van der Waals surface area contributed by atoms with E-state index in [2.05, 4.69) is 16.4 Å². The molecule has 1 aliphatic rings. The van der Waals surface area contributed by atoms with E-state index in [1.165, 1.54) is 0 Å². The quantitative estimate of drug-likeness (QED) is 0.831. The second-order valence-electron chi connectivity index (χ2n) is 4.99. The third kappa shape index (κ3) is 2.94. The van der Waals surface area contributed by atoms with Gasteiger partial charge in [-0.3, -0.25) is 9.59 Å². The van der Waals surface area contributed by atoms with Crippen LogP contribution in [0.25, 0.3) is 0 Å². The second kappa shape index (κ2) is 5.79. The van der Waals surface area contributed by atoms with Gasteiger partial charge < -0.3 is 15.3 Å². The van der Waals surface area contributed by atoms with Crippen LogP contribution in [0.15, 0.2) is 6.07 Å². The highest BCUT2D eigenvalue weighted by Gasteiger charge is 2.34. The number of aryl methyl sites for hydroxylation is 2. The number of amides is 1. The summed E-state index contributed by atoms with van der Waals surface area (Å²) >= 11 is 0. The maximum atomic E-state index is 12.0. The van der Waals surface area contributed by atoms with Crippen molar-refractivity contribution in [1.29, 1.82) is 5.26 Å². The number of hydrogen-bond donors (Lipinski definition) is 2. The molecular weight excluding hydrogens is 272 g/mol. The van der Waals surface area contributed by atoms with Crippen molar-refractivity contribution in [2.75, 3.05) is 18.0 Å². The summed E-state index contributed by atoms with van der Waals surface area (Å²) in [6, 6.07) is 3.03. The van der Waals surface area contributed by atoms with Crippen molar-refractivity contribution in [2.45, 2.75) is 26.3 Å². The van der Waals surface area contributed by atoms with E-state index in [1.807, 2.05) is 0 Å². The molecule has 2 heterocycles. The zero-order valence-electron chi connectivity index (χ0n) is 11.9. The lowest BCUT2D eigenvalue weighted by atomic mass is 10.1. The van der Waals surface area contributed by atoms with Crippen molar-refractivity contribution < 1.29 is 14.7 Å². The van der Waals surface area contributed by atoms with Crippen LogP contribution in [0, 0.1) is 25.2 Å². The van der Waals surface area contributed by atoms with Crippen molar-refractivity contribution in [3.8, 4) is 6.07 Å². The number of nitrogens with zero attached hydrogens (tertiary/aromatic N) is 3. The minimum absolute atomic E-state index is 0.328. The molecular formula is C14H16N4O3. The van der Waals surface area contributed by atoms with E-state index in [-0.39, 0.29) is 12.3 Å². The molecule has 1 unspecified atom stereocenters. The normalized spacial score (nSPS) is 18.0. The number of piperazine rings is 1. The molecule has 1 saturated heterocycles. The first-order valence-electron chi connectivity index (χ1n) is 6.58.